The summed E-state index contributed by atoms with van der Waals surface area (Å²) in [5, 5.41) is 3.02. The zero-order valence-electron chi connectivity index (χ0n) is 11.8. The number of aryl methyl sites for hydroxylation is 1. The van der Waals surface area contributed by atoms with Gasteiger partial charge in [0, 0.05) is 31.9 Å². The number of amides is 1. The van der Waals surface area contributed by atoms with Crippen molar-refractivity contribution >= 4 is 5.91 Å². The molecule has 1 aliphatic rings. The van der Waals surface area contributed by atoms with E-state index in [1.165, 1.54) is 4.57 Å². The Hall–Kier alpha value is -1.62. The molecule has 104 valence electrons. The highest BCUT2D eigenvalue weighted by atomic mass is 16.2. The first-order chi connectivity index (χ1) is 8.91. The normalized spacial score (nSPS) is 19.1. The summed E-state index contributed by atoms with van der Waals surface area (Å²) < 4.78 is 1.42. The van der Waals surface area contributed by atoms with Crippen molar-refractivity contribution in [2.45, 2.75) is 25.3 Å². The lowest BCUT2D eigenvalue weighted by Crippen LogP contribution is -2.53. The summed E-state index contributed by atoms with van der Waals surface area (Å²) in [4.78, 5) is 26.4. The molecule has 19 heavy (non-hydrogen) atoms. The Morgan fingerprint density at radius 2 is 1.95 bits per heavy atom. The van der Waals surface area contributed by atoms with Crippen LogP contribution in [0.25, 0.3) is 0 Å². The Balaban J connectivity index is 2.13. The molecule has 1 aromatic rings. The molecule has 5 nitrogen and oxygen atoms in total. The zero-order valence-corrected chi connectivity index (χ0v) is 11.8. The van der Waals surface area contributed by atoms with Crippen molar-refractivity contribution in [2.75, 3.05) is 20.1 Å². The molecule has 2 heterocycles. The molecule has 2 rings (SSSR count). The summed E-state index contributed by atoms with van der Waals surface area (Å²) in [7, 11) is 3.73. The van der Waals surface area contributed by atoms with Crippen LogP contribution in [0.3, 0.4) is 0 Å². The van der Waals surface area contributed by atoms with Gasteiger partial charge in [0.15, 0.2) is 0 Å². The monoisotopic (exact) mass is 263 g/mol. The predicted molar refractivity (Wildman–Crippen MR) is 74.3 cm³/mol. The summed E-state index contributed by atoms with van der Waals surface area (Å²) in [6.45, 7) is 3.97. The van der Waals surface area contributed by atoms with Crippen molar-refractivity contribution < 1.29 is 4.79 Å². The fraction of sp³-hybridized carbons (Fsp3) is 0.571. The maximum atomic E-state index is 12.2. The van der Waals surface area contributed by atoms with Crippen LogP contribution in [-0.4, -0.2) is 41.1 Å². The van der Waals surface area contributed by atoms with E-state index in [0.717, 1.165) is 25.9 Å². The van der Waals surface area contributed by atoms with E-state index in [-0.39, 0.29) is 22.6 Å². The van der Waals surface area contributed by atoms with Gasteiger partial charge in [0.1, 0.15) is 5.56 Å². The second-order valence-corrected chi connectivity index (χ2v) is 5.66. The van der Waals surface area contributed by atoms with E-state index in [0.29, 0.717) is 0 Å². The quantitative estimate of drug-likeness (QED) is 0.850. The number of nitrogens with zero attached hydrogens (tertiary/aromatic N) is 2. The van der Waals surface area contributed by atoms with Gasteiger partial charge in [0.05, 0.1) is 0 Å². The van der Waals surface area contributed by atoms with Crippen LogP contribution in [0, 0.1) is 0 Å². The molecule has 0 bridgehead atoms. The summed E-state index contributed by atoms with van der Waals surface area (Å²) in [5.41, 5.74) is -0.258. The summed E-state index contributed by atoms with van der Waals surface area (Å²) in [6.07, 6.45) is 3.46. The predicted octanol–water partition coefficient (Wildman–Crippen LogP) is 0.599. The molecule has 0 atom stereocenters. The lowest BCUT2D eigenvalue weighted by Gasteiger charge is -2.38. The number of rotatable bonds is 2. The number of likely N-dealkylation sites (tertiary alicyclic amines) is 1. The number of pyridine rings is 1. The number of carbonyl (C=O) groups excluding carboxylic acids is 1. The Morgan fingerprint density at radius 1 is 1.32 bits per heavy atom. The summed E-state index contributed by atoms with van der Waals surface area (Å²) in [6, 6.07) is 3.29. The van der Waals surface area contributed by atoms with Gasteiger partial charge in [-0.05, 0) is 38.9 Å². The van der Waals surface area contributed by atoms with Crippen LogP contribution in [0.4, 0.5) is 0 Å². The molecule has 0 saturated carbocycles. The molecular weight excluding hydrogens is 242 g/mol. The molecule has 0 unspecified atom stereocenters. The SMILES string of the molecule is CN1CCC(C)(NC(=O)c2cccn(C)c2=O)CC1. The molecule has 0 aromatic carbocycles. The molecule has 1 N–H and O–H groups in total. The van der Waals surface area contributed by atoms with Gasteiger partial charge in [-0.15, -0.1) is 0 Å². The standard InChI is InChI=1S/C14H21N3O2/c1-14(6-9-16(2)10-7-14)15-12(18)11-5-4-8-17(3)13(11)19/h4-5,8H,6-7,9-10H2,1-3H3,(H,15,18). The van der Waals surface area contributed by atoms with Gasteiger partial charge >= 0.3 is 0 Å². The third-order valence-corrected chi connectivity index (χ3v) is 3.87. The van der Waals surface area contributed by atoms with Gasteiger partial charge in [-0.3, -0.25) is 9.59 Å². The van der Waals surface area contributed by atoms with Gasteiger partial charge in [0.25, 0.3) is 11.5 Å². The third-order valence-electron chi connectivity index (χ3n) is 3.87. The molecule has 5 heteroatoms. The molecule has 1 aliphatic heterocycles. The minimum absolute atomic E-state index is 0.213. The first kappa shape index (κ1) is 13.8. The zero-order chi connectivity index (χ0) is 14.0. The summed E-state index contributed by atoms with van der Waals surface area (Å²) in [5.74, 6) is -0.270. The highest BCUT2D eigenvalue weighted by Gasteiger charge is 2.31. The minimum Gasteiger partial charge on any atom is -0.347 e. The van der Waals surface area contributed by atoms with E-state index in [9.17, 15) is 9.59 Å². The van der Waals surface area contributed by atoms with Crippen molar-refractivity contribution in [2.24, 2.45) is 7.05 Å². The molecule has 1 fully saturated rings. The largest absolute Gasteiger partial charge is 0.347 e. The van der Waals surface area contributed by atoms with E-state index in [4.69, 9.17) is 0 Å². The lowest BCUT2D eigenvalue weighted by atomic mass is 9.89. The highest BCUT2D eigenvalue weighted by Crippen LogP contribution is 2.20. The molecule has 1 aromatic heterocycles. The Morgan fingerprint density at radius 3 is 2.58 bits per heavy atom. The van der Waals surface area contributed by atoms with Crippen molar-refractivity contribution in [1.29, 1.82) is 0 Å². The van der Waals surface area contributed by atoms with Crippen LogP contribution in [0.2, 0.25) is 0 Å². The molecular formula is C14H21N3O2. The van der Waals surface area contributed by atoms with E-state index < -0.39 is 0 Å². The van der Waals surface area contributed by atoms with E-state index in [2.05, 4.69) is 17.3 Å². The summed E-state index contributed by atoms with van der Waals surface area (Å²) >= 11 is 0. The Kier molecular flexibility index (Phi) is 3.75. The molecule has 1 saturated heterocycles. The smallest absolute Gasteiger partial charge is 0.263 e. The Bertz CT molecular complexity index is 528. The lowest BCUT2D eigenvalue weighted by molar-refractivity contribution is 0.0850. The first-order valence-corrected chi connectivity index (χ1v) is 6.58. The van der Waals surface area contributed by atoms with Gasteiger partial charge in [-0.25, -0.2) is 0 Å². The maximum Gasteiger partial charge on any atom is 0.263 e. The van der Waals surface area contributed by atoms with E-state index in [1.807, 2.05) is 6.92 Å². The van der Waals surface area contributed by atoms with Crippen LogP contribution >= 0.6 is 0 Å². The average molecular weight is 263 g/mol. The number of piperidine rings is 1. The highest BCUT2D eigenvalue weighted by molar-refractivity contribution is 5.94. The molecule has 0 radical (unpaired) electrons. The maximum absolute atomic E-state index is 12.2. The minimum atomic E-state index is -0.270. The molecule has 0 spiro atoms. The van der Waals surface area contributed by atoms with Crippen LogP contribution in [0.1, 0.15) is 30.1 Å². The van der Waals surface area contributed by atoms with Crippen molar-refractivity contribution in [3.63, 3.8) is 0 Å². The number of carbonyl (C=O) groups is 1. The van der Waals surface area contributed by atoms with Crippen LogP contribution in [-0.2, 0) is 7.05 Å². The van der Waals surface area contributed by atoms with Crippen molar-refractivity contribution in [3.8, 4) is 0 Å². The van der Waals surface area contributed by atoms with Crippen molar-refractivity contribution in [3.05, 3.63) is 34.2 Å². The average Bonchev–Trinajstić information content (AvgIpc) is 2.36. The van der Waals surface area contributed by atoms with Crippen LogP contribution < -0.4 is 10.9 Å². The molecule has 0 aliphatic carbocycles. The van der Waals surface area contributed by atoms with Crippen LogP contribution in [0.15, 0.2) is 23.1 Å². The topological polar surface area (TPSA) is 54.3 Å². The second-order valence-electron chi connectivity index (χ2n) is 5.66. The van der Waals surface area contributed by atoms with E-state index in [1.54, 1.807) is 25.4 Å². The van der Waals surface area contributed by atoms with Crippen LogP contribution in [0.5, 0.6) is 0 Å². The van der Waals surface area contributed by atoms with Gasteiger partial charge < -0.3 is 14.8 Å². The van der Waals surface area contributed by atoms with Gasteiger partial charge in [-0.1, -0.05) is 0 Å². The van der Waals surface area contributed by atoms with Gasteiger partial charge in [-0.2, -0.15) is 0 Å². The Labute approximate surface area is 113 Å². The first-order valence-electron chi connectivity index (χ1n) is 6.58. The second kappa shape index (κ2) is 5.17. The van der Waals surface area contributed by atoms with E-state index >= 15 is 0 Å². The number of hydrogen-bond donors (Lipinski definition) is 1. The third kappa shape index (κ3) is 3.04. The number of nitrogens with one attached hydrogen (secondary N) is 1. The van der Waals surface area contributed by atoms with Crippen molar-refractivity contribution in [1.82, 2.24) is 14.8 Å². The fourth-order valence-electron chi connectivity index (χ4n) is 2.35. The number of aromatic nitrogens is 1. The number of hydrogen-bond acceptors (Lipinski definition) is 3. The van der Waals surface area contributed by atoms with Gasteiger partial charge in [0.2, 0.25) is 0 Å². The fourth-order valence-corrected chi connectivity index (χ4v) is 2.35. The molecule has 1 amide bonds.